The van der Waals surface area contributed by atoms with Gasteiger partial charge in [0, 0.05) is 22.9 Å². The zero-order valence-electron chi connectivity index (χ0n) is 12.7. The van der Waals surface area contributed by atoms with Crippen LogP contribution in [0, 0.1) is 0 Å². The molecule has 0 spiro atoms. The molecule has 0 heterocycles. The lowest BCUT2D eigenvalue weighted by Gasteiger charge is -2.10. The number of hydrogen-bond donors (Lipinski definition) is 2. The van der Waals surface area contributed by atoms with Gasteiger partial charge in [0.25, 0.3) is 11.8 Å². The van der Waals surface area contributed by atoms with E-state index >= 15 is 0 Å². The lowest BCUT2D eigenvalue weighted by atomic mass is 10.1. The Balaban J connectivity index is 2.16. The fourth-order valence-electron chi connectivity index (χ4n) is 1.92. The van der Waals surface area contributed by atoms with E-state index in [1.807, 2.05) is 13.8 Å². The highest BCUT2D eigenvalue weighted by atomic mass is 35.5. The first-order chi connectivity index (χ1) is 10.9. The Morgan fingerprint density at radius 3 is 2.17 bits per heavy atom. The van der Waals surface area contributed by atoms with Crippen molar-refractivity contribution in [3.63, 3.8) is 0 Å². The highest BCUT2D eigenvalue weighted by Gasteiger charge is 2.12. The van der Waals surface area contributed by atoms with Crippen molar-refractivity contribution in [2.24, 2.45) is 0 Å². The number of anilines is 1. The van der Waals surface area contributed by atoms with Gasteiger partial charge in [-0.15, -0.1) is 0 Å². The first-order valence-electron chi connectivity index (χ1n) is 7.04. The van der Waals surface area contributed by atoms with E-state index in [0.717, 1.165) is 0 Å². The van der Waals surface area contributed by atoms with Crippen LogP contribution in [-0.4, -0.2) is 17.9 Å². The molecule has 2 rings (SSSR count). The van der Waals surface area contributed by atoms with Gasteiger partial charge in [-0.05, 0) is 50.2 Å². The molecule has 2 N–H and O–H groups in total. The van der Waals surface area contributed by atoms with Crippen LogP contribution in [0.15, 0.2) is 42.5 Å². The van der Waals surface area contributed by atoms with E-state index in [4.69, 9.17) is 23.2 Å². The summed E-state index contributed by atoms with van der Waals surface area (Å²) in [5.41, 5.74) is 1.34. The van der Waals surface area contributed by atoms with Crippen LogP contribution in [0.3, 0.4) is 0 Å². The summed E-state index contributed by atoms with van der Waals surface area (Å²) in [5, 5.41) is 6.28. The van der Waals surface area contributed by atoms with Gasteiger partial charge in [-0.3, -0.25) is 9.59 Å². The SMILES string of the molecule is CC(C)NC(=O)c1cccc(C(=O)Nc2ccc(Cl)c(Cl)c2)c1. The minimum absolute atomic E-state index is 0.0243. The molecule has 0 aliphatic carbocycles. The smallest absolute Gasteiger partial charge is 0.255 e. The summed E-state index contributed by atoms with van der Waals surface area (Å²) in [6.45, 7) is 3.75. The number of amides is 2. The molecule has 2 amide bonds. The summed E-state index contributed by atoms with van der Waals surface area (Å²) >= 11 is 11.8. The minimum atomic E-state index is -0.331. The fourth-order valence-corrected chi connectivity index (χ4v) is 2.22. The quantitative estimate of drug-likeness (QED) is 0.859. The number of benzene rings is 2. The first-order valence-corrected chi connectivity index (χ1v) is 7.79. The molecular weight excluding hydrogens is 335 g/mol. The summed E-state index contributed by atoms with van der Waals surface area (Å²) in [4.78, 5) is 24.3. The van der Waals surface area contributed by atoms with Crippen molar-refractivity contribution >= 4 is 40.7 Å². The van der Waals surface area contributed by atoms with Crippen molar-refractivity contribution < 1.29 is 9.59 Å². The summed E-state index contributed by atoms with van der Waals surface area (Å²) < 4.78 is 0. The predicted octanol–water partition coefficient (Wildman–Crippen LogP) is 4.38. The number of rotatable bonds is 4. The Morgan fingerprint density at radius 1 is 0.913 bits per heavy atom. The van der Waals surface area contributed by atoms with Crippen molar-refractivity contribution in [2.45, 2.75) is 19.9 Å². The molecule has 0 aromatic heterocycles. The molecule has 0 bridgehead atoms. The molecule has 0 unspecified atom stereocenters. The second kappa shape index (κ2) is 7.49. The average Bonchev–Trinajstić information content (AvgIpc) is 2.50. The topological polar surface area (TPSA) is 58.2 Å². The Labute approximate surface area is 144 Å². The molecule has 6 heteroatoms. The Kier molecular flexibility index (Phi) is 5.64. The summed E-state index contributed by atoms with van der Waals surface area (Å²) in [6, 6.07) is 11.4. The van der Waals surface area contributed by atoms with E-state index in [1.165, 1.54) is 0 Å². The van der Waals surface area contributed by atoms with Crippen LogP contribution < -0.4 is 10.6 Å². The third-order valence-corrected chi connectivity index (χ3v) is 3.72. The van der Waals surface area contributed by atoms with Crippen molar-refractivity contribution in [3.8, 4) is 0 Å². The molecule has 2 aromatic rings. The van der Waals surface area contributed by atoms with Crippen LogP contribution in [0.25, 0.3) is 0 Å². The highest BCUT2D eigenvalue weighted by Crippen LogP contribution is 2.25. The van der Waals surface area contributed by atoms with Gasteiger partial charge in [0.05, 0.1) is 10.0 Å². The van der Waals surface area contributed by atoms with Gasteiger partial charge in [0.1, 0.15) is 0 Å². The van der Waals surface area contributed by atoms with Gasteiger partial charge >= 0.3 is 0 Å². The van der Waals surface area contributed by atoms with Crippen LogP contribution in [0.2, 0.25) is 10.0 Å². The second-order valence-corrected chi connectivity index (χ2v) is 6.11. The Hall–Kier alpha value is -2.04. The number of carbonyl (C=O) groups excluding carboxylic acids is 2. The predicted molar refractivity (Wildman–Crippen MR) is 93.5 cm³/mol. The van der Waals surface area contributed by atoms with Crippen LogP contribution in [0.5, 0.6) is 0 Å². The van der Waals surface area contributed by atoms with Gasteiger partial charge in [-0.2, -0.15) is 0 Å². The van der Waals surface area contributed by atoms with Crippen molar-refractivity contribution in [1.29, 1.82) is 0 Å². The van der Waals surface area contributed by atoms with Gasteiger partial charge in [0.2, 0.25) is 0 Å². The second-order valence-electron chi connectivity index (χ2n) is 5.29. The number of hydrogen-bond acceptors (Lipinski definition) is 2. The van der Waals surface area contributed by atoms with Gasteiger partial charge in [-0.25, -0.2) is 0 Å². The summed E-state index contributed by atoms with van der Waals surface area (Å²) in [6.07, 6.45) is 0. The summed E-state index contributed by atoms with van der Waals surface area (Å²) in [7, 11) is 0. The van der Waals surface area contributed by atoms with E-state index in [1.54, 1.807) is 42.5 Å². The molecule has 0 aliphatic heterocycles. The van der Waals surface area contributed by atoms with E-state index in [-0.39, 0.29) is 17.9 Å². The molecule has 2 aromatic carbocycles. The molecule has 120 valence electrons. The van der Waals surface area contributed by atoms with Crippen LogP contribution in [0.4, 0.5) is 5.69 Å². The fraction of sp³-hybridized carbons (Fsp3) is 0.176. The first kappa shape index (κ1) is 17.3. The van der Waals surface area contributed by atoms with Crippen molar-refractivity contribution in [2.75, 3.05) is 5.32 Å². The maximum Gasteiger partial charge on any atom is 0.255 e. The zero-order chi connectivity index (χ0) is 17.0. The van der Waals surface area contributed by atoms with Gasteiger partial charge < -0.3 is 10.6 Å². The molecule has 0 saturated carbocycles. The molecule has 0 radical (unpaired) electrons. The number of nitrogens with one attached hydrogen (secondary N) is 2. The maximum absolute atomic E-state index is 12.3. The largest absolute Gasteiger partial charge is 0.350 e. The standard InChI is InChI=1S/C17H16Cl2N2O2/c1-10(2)20-16(22)11-4-3-5-12(8-11)17(23)21-13-6-7-14(18)15(19)9-13/h3-10H,1-2H3,(H,20,22)(H,21,23). The molecule has 23 heavy (non-hydrogen) atoms. The Morgan fingerprint density at radius 2 is 1.57 bits per heavy atom. The average molecular weight is 351 g/mol. The minimum Gasteiger partial charge on any atom is -0.350 e. The lowest BCUT2D eigenvalue weighted by molar-refractivity contribution is 0.0943. The molecule has 0 saturated heterocycles. The van der Waals surface area contributed by atoms with Crippen molar-refractivity contribution in [1.82, 2.24) is 5.32 Å². The van der Waals surface area contributed by atoms with E-state index < -0.39 is 0 Å². The number of halogens is 2. The molecule has 4 nitrogen and oxygen atoms in total. The van der Waals surface area contributed by atoms with Crippen LogP contribution >= 0.6 is 23.2 Å². The molecule has 0 atom stereocenters. The number of carbonyl (C=O) groups is 2. The normalized spacial score (nSPS) is 10.5. The monoisotopic (exact) mass is 350 g/mol. The third-order valence-electron chi connectivity index (χ3n) is 2.98. The van der Waals surface area contributed by atoms with E-state index in [9.17, 15) is 9.59 Å². The molecule has 0 aliphatic rings. The van der Waals surface area contributed by atoms with Crippen LogP contribution in [0.1, 0.15) is 34.6 Å². The van der Waals surface area contributed by atoms with Gasteiger partial charge in [-0.1, -0.05) is 29.3 Å². The Bertz CT molecular complexity index is 745. The molecular formula is C17H16Cl2N2O2. The lowest BCUT2D eigenvalue weighted by Crippen LogP contribution is -2.30. The summed E-state index contributed by atoms with van der Waals surface area (Å²) in [5.74, 6) is -0.549. The van der Waals surface area contributed by atoms with Crippen LogP contribution in [-0.2, 0) is 0 Å². The van der Waals surface area contributed by atoms with Gasteiger partial charge in [0.15, 0.2) is 0 Å². The third kappa shape index (κ3) is 4.71. The molecule has 0 fully saturated rings. The van der Waals surface area contributed by atoms with E-state index in [0.29, 0.717) is 26.9 Å². The zero-order valence-corrected chi connectivity index (χ0v) is 14.2. The highest BCUT2D eigenvalue weighted by molar-refractivity contribution is 6.42. The van der Waals surface area contributed by atoms with Crippen molar-refractivity contribution in [3.05, 3.63) is 63.6 Å². The maximum atomic E-state index is 12.3. The van der Waals surface area contributed by atoms with E-state index in [2.05, 4.69) is 10.6 Å².